The fourth-order valence-corrected chi connectivity index (χ4v) is 2.57. The number of anilines is 2. The minimum atomic E-state index is -0.422. The summed E-state index contributed by atoms with van der Waals surface area (Å²) in [7, 11) is 1.56. The molecule has 0 aliphatic carbocycles. The van der Waals surface area contributed by atoms with Gasteiger partial charge in [0.15, 0.2) is 11.5 Å². The van der Waals surface area contributed by atoms with Gasteiger partial charge in [-0.1, -0.05) is 0 Å². The average molecular weight is 321 g/mol. The molecule has 0 radical (unpaired) electrons. The first-order valence-corrected chi connectivity index (χ1v) is 7.37. The highest BCUT2D eigenvalue weighted by molar-refractivity contribution is 6.08. The third kappa shape index (κ3) is 3.02. The maximum atomic E-state index is 12.4. The molecule has 2 heterocycles. The Kier molecular flexibility index (Phi) is 4.24. The predicted octanol–water partition coefficient (Wildman–Crippen LogP) is 0.325. The van der Waals surface area contributed by atoms with Crippen molar-refractivity contribution >= 4 is 23.2 Å². The second-order valence-electron chi connectivity index (χ2n) is 5.36. The molecule has 0 bridgehead atoms. The van der Waals surface area contributed by atoms with Crippen LogP contribution in [0.25, 0.3) is 0 Å². The summed E-state index contributed by atoms with van der Waals surface area (Å²) in [6.45, 7) is 2.68. The molecule has 1 aromatic rings. The number of carbonyl (C=O) groups excluding carboxylic acids is 2. The van der Waals surface area contributed by atoms with Crippen molar-refractivity contribution in [2.45, 2.75) is 13.0 Å². The van der Waals surface area contributed by atoms with E-state index in [1.807, 2.05) is 0 Å². The summed E-state index contributed by atoms with van der Waals surface area (Å²) in [5.74, 6) is 0.784. The number of fused-ring (bicyclic) bond motifs is 2. The van der Waals surface area contributed by atoms with Gasteiger partial charge < -0.3 is 24.8 Å². The summed E-state index contributed by atoms with van der Waals surface area (Å²) in [5.41, 5.74) is 1.35. The lowest BCUT2D eigenvalue weighted by molar-refractivity contribution is -0.124. The topological polar surface area (TPSA) is 89.1 Å². The Labute approximate surface area is 133 Å². The van der Waals surface area contributed by atoms with Crippen molar-refractivity contribution in [3.63, 3.8) is 0 Å². The molecule has 8 heteroatoms. The van der Waals surface area contributed by atoms with Crippen molar-refractivity contribution in [2.75, 3.05) is 43.8 Å². The van der Waals surface area contributed by atoms with Crippen molar-refractivity contribution in [1.29, 1.82) is 0 Å². The lowest BCUT2D eigenvalue weighted by Crippen LogP contribution is -2.49. The zero-order valence-corrected chi connectivity index (χ0v) is 13.0. The number of carbonyl (C=O) groups is 2. The molecule has 2 aliphatic rings. The number of benzene rings is 1. The van der Waals surface area contributed by atoms with Crippen molar-refractivity contribution < 1.29 is 23.8 Å². The van der Waals surface area contributed by atoms with Crippen molar-refractivity contribution in [2.24, 2.45) is 0 Å². The molecule has 0 aromatic heterocycles. The third-order valence-corrected chi connectivity index (χ3v) is 3.72. The standard InChI is InChI=1S/C15H19N3O5/c1-9-15(20)18(7-14(19)16-3-4-21-2)11-6-13-12(22-8-23-13)5-10(11)17-9/h5-6,9,17H,3-4,7-8H2,1-2H3,(H,16,19). The minimum absolute atomic E-state index is 0.0544. The molecule has 1 aromatic carbocycles. The quantitative estimate of drug-likeness (QED) is 0.760. The van der Waals surface area contributed by atoms with Gasteiger partial charge >= 0.3 is 0 Å². The molecular formula is C15H19N3O5. The largest absolute Gasteiger partial charge is 0.454 e. The Hall–Kier alpha value is -2.48. The molecule has 2 aliphatic heterocycles. The minimum Gasteiger partial charge on any atom is -0.454 e. The SMILES string of the molecule is COCCNC(=O)CN1C(=O)C(C)Nc2cc3c(cc21)OCO3. The maximum absolute atomic E-state index is 12.4. The van der Waals surface area contributed by atoms with Crippen LogP contribution in [0.1, 0.15) is 6.92 Å². The molecular weight excluding hydrogens is 302 g/mol. The highest BCUT2D eigenvalue weighted by Gasteiger charge is 2.33. The Bertz CT molecular complexity index is 634. The van der Waals surface area contributed by atoms with E-state index in [1.165, 1.54) is 4.90 Å². The summed E-state index contributed by atoms with van der Waals surface area (Å²) in [4.78, 5) is 25.9. The molecule has 0 fully saturated rings. The Morgan fingerprint density at radius 1 is 1.43 bits per heavy atom. The van der Waals surface area contributed by atoms with E-state index >= 15 is 0 Å². The highest BCUT2D eigenvalue weighted by atomic mass is 16.7. The number of hydrogen-bond acceptors (Lipinski definition) is 6. The number of amides is 2. The summed E-state index contributed by atoms with van der Waals surface area (Å²) in [6.07, 6.45) is 0. The maximum Gasteiger partial charge on any atom is 0.249 e. The van der Waals surface area contributed by atoms with Crippen molar-refractivity contribution in [3.8, 4) is 11.5 Å². The lowest BCUT2D eigenvalue weighted by atomic mass is 10.1. The molecule has 0 saturated carbocycles. The predicted molar refractivity (Wildman–Crippen MR) is 82.9 cm³/mol. The zero-order chi connectivity index (χ0) is 16.4. The fraction of sp³-hybridized carbons (Fsp3) is 0.467. The number of nitrogens with zero attached hydrogens (tertiary/aromatic N) is 1. The van der Waals surface area contributed by atoms with E-state index in [1.54, 1.807) is 26.2 Å². The van der Waals surface area contributed by atoms with Crippen molar-refractivity contribution in [3.05, 3.63) is 12.1 Å². The van der Waals surface area contributed by atoms with Crippen LogP contribution in [0, 0.1) is 0 Å². The van der Waals surface area contributed by atoms with Gasteiger partial charge in [0, 0.05) is 25.8 Å². The van der Waals surface area contributed by atoms with E-state index in [9.17, 15) is 9.59 Å². The molecule has 2 amide bonds. The van der Waals surface area contributed by atoms with Gasteiger partial charge in [-0.2, -0.15) is 0 Å². The summed E-state index contributed by atoms with van der Waals surface area (Å²) < 4.78 is 15.6. The molecule has 2 N–H and O–H groups in total. The van der Waals surface area contributed by atoms with E-state index in [4.69, 9.17) is 14.2 Å². The Morgan fingerprint density at radius 2 is 2.17 bits per heavy atom. The van der Waals surface area contributed by atoms with Gasteiger partial charge in [-0.15, -0.1) is 0 Å². The first-order valence-electron chi connectivity index (χ1n) is 7.37. The second kappa shape index (κ2) is 6.33. The van der Waals surface area contributed by atoms with Crippen LogP contribution in [0.3, 0.4) is 0 Å². The van der Waals surface area contributed by atoms with Gasteiger partial charge in [0.2, 0.25) is 18.6 Å². The molecule has 124 valence electrons. The van der Waals surface area contributed by atoms with Gasteiger partial charge in [0.1, 0.15) is 12.6 Å². The smallest absolute Gasteiger partial charge is 0.249 e. The Balaban J connectivity index is 1.82. The highest BCUT2D eigenvalue weighted by Crippen LogP contribution is 2.43. The summed E-state index contributed by atoms with van der Waals surface area (Å²) >= 11 is 0. The van der Waals surface area contributed by atoms with Gasteiger partial charge in [-0.3, -0.25) is 14.5 Å². The Morgan fingerprint density at radius 3 is 2.91 bits per heavy atom. The van der Waals surface area contributed by atoms with E-state index in [0.717, 1.165) is 5.69 Å². The molecule has 3 rings (SSSR count). The average Bonchev–Trinajstić information content (AvgIpc) is 2.97. The van der Waals surface area contributed by atoms with Crippen LogP contribution in [0.2, 0.25) is 0 Å². The zero-order valence-electron chi connectivity index (χ0n) is 13.0. The molecule has 23 heavy (non-hydrogen) atoms. The summed E-state index contributed by atoms with van der Waals surface area (Å²) in [6, 6.07) is 3.09. The second-order valence-corrected chi connectivity index (χ2v) is 5.36. The van der Waals surface area contributed by atoms with Gasteiger partial charge in [0.25, 0.3) is 0 Å². The first-order chi connectivity index (χ1) is 11.1. The molecule has 0 spiro atoms. The number of rotatable bonds is 5. The van der Waals surface area contributed by atoms with Gasteiger partial charge in [0.05, 0.1) is 18.0 Å². The van der Waals surface area contributed by atoms with Crippen LogP contribution in [0.5, 0.6) is 11.5 Å². The van der Waals surface area contributed by atoms with E-state index in [0.29, 0.717) is 30.3 Å². The molecule has 8 nitrogen and oxygen atoms in total. The lowest BCUT2D eigenvalue weighted by Gasteiger charge is -2.33. The van der Waals surface area contributed by atoms with Crippen LogP contribution >= 0.6 is 0 Å². The van der Waals surface area contributed by atoms with Crippen LogP contribution < -0.4 is 25.0 Å². The first kappa shape index (κ1) is 15.4. The van der Waals surface area contributed by atoms with Crippen LogP contribution in [-0.2, 0) is 14.3 Å². The molecule has 1 unspecified atom stereocenters. The fourth-order valence-electron chi connectivity index (χ4n) is 2.57. The van der Waals surface area contributed by atoms with E-state index in [2.05, 4.69) is 10.6 Å². The number of hydrogen-bond donors (Lipinski definition) is 2. The molecule has 1 atom stereocenters. The van der Waals surface area contributed by atoms with Gasteiger partial charge in [-0.05, 0) is 6.92 Å². The van der Waals surface area contributed by atoms with Crippen LogP contribution in [0.4, 0.5) is 11.4 Å². The van der Waals surface area contributed by atoms with Crippen molar-refractivity contribution in [1.82, 2.24) is 5.32 Å². The number of nitrogens with one attached hydrogen (secondary N) is 2. The normalized spacial score (nSPS) is 18.4. The number of methoxy groups -OCH3 is 1. The van der Waals surface area contributed by atoms with Gasteiger partial charge in [-0.25, -0.2) is 0 Å². The molecule has 0 saturated heterocycles. The number of ether oxygens (including phenoxy) is 3. The van der Waals surface area contributed by atoms with Crippen LogP contribution in [-0.4, -0.2) is 51.5 Å². The monoisotopic (exact) mass is 321 g/mol. The van der Waals surface area contributed by atoms with E-state index < -0.39 is 6.04 Å². The third-order valence-electron chi connectivity index (χ3n) is 3.72. The summed E-state index contributed by atoms with van der Waals surface area (Å²) in [5, 5.41) is 5.83. The van der Waals surface area contributed by atoms with E-state index in [-0.39, 0.29) is 25.2 Å². The van der Waals surface area contributed by atoms with Crippen LogP contribution in [0.15, 0.2) is 12.1 Å².